The van der Waals surface area contributed by atoms with Gasteiger partial charge in [-0.2, -0.15) is 0 Å². The maximum absolute atomic E-state index is 10.0. The van der Waals surface area contributed by atoms with Crippen LogP contribution in [-0.2, 0) is 0 Å². The largest absolute Gasteiger partial charge is 0.474 e. The maximum Gasteiger partial charge on any atom is 0.393 e. The normalized spacial score (nSPS) is 8.50. The van der Waals surface area contributed by atoms with E-state index in [4.69, 9.17) is 5.11 Å². The fourth-order valence-corrected chi connectivity index (χ4v) is 0.383. The average Bonchev–Trinajstić information content (AvgIpc) is 2.14. The van der Waals surface area contributed by atoms with Gasteiger partial charge in [-0.05, 0) is 0 Å². The molecule has 0 bridgehead atoms. The number of carboxylic acid groups (broad SMARTS) is 1. The number of aromatic carboxylic acids is 1. The zero-order valence-electron chi connectivity index (χ0n) is 5.66. The predicted molar refractivity (Wildman–Crippen MR) is 31.7 cm³/mol. The van der Waals surface area contributed by atoms with Gasteiger partial charge in [0.2, 0.25) is 5.89 Å². The molecule has 5 nitrogen and oxygen atoms in total. The number of aryl methyl sites for hydroxylation is 1. The minimum absolute atomic E-state index is 0. The third kappa shape index (κ3) is 2.47. The summed E-state index contributed by atoms with van der Waals surface area (Å²) in [4.78, 5) is 10.0. The molecular weight excluding hydrogens is 163 g/mol. The molecule has 0 saturated heterocycles. The zero-order valence-corrected chi connectivity index (χ0v) is 8.78. The molecule has 0 amide bonds. The second kappa shape index (κ2) is 4.19. The monoisotopic (exact) mass is 167 g/mol. The van der Waals surface area contributed by atoms with E-state index in [1.54, 1.807) is 0 Å². The van der Waals surface area contributed by atoms with E-state index < -0.39 is 5.97 Å². The summed E-state index contributed by atoms with van der Waals surface area (Å²) >= 11 is 0. The van der Waals surface area contributed by atoms with Crippen molar-refractivity contribution in [2.45, 2.75) is 6.92 Å². The van der Waals surface area contributed by atoms with E-state index in [2.05, 4.69) is 14.6 Å². The van der Waals surface area contributed by atoms with Gasteiger partial charge in [0.15, 0.2) is 0 Å². The molecule has 0 fully saturated rings. The van der Waals surface area contributed by atoms with Gasteiger partial charge in [0, 0.05) is 58.3 Å². The molecule has 0 aliphatic rings. The smallest absolute Gasteiger partial charge is 0.393 e. The predicted octanol–water partition coefficient (Wildman–Crippen LogP) is -0.305. The first-order valence-corrected chi connectivity index (χ1v) is 2.23. The minimum atomic E-state index is -1.20. The summed E-state index contributed by atoms with van der Waals surface area (Å²) in [5.41, 5.74) is 0. The van der Waals surface area contributed by atoms with Crippen LogP contribution in [0.1, 0.15) is 16.6 Å². The fourth-order valence-electron chi connectivity index (χ4n) is 0.383. The van der Waals surface area contributed by atoms with Gasteiger partial charge in [0.05, 0.1) is 0 Å². The standard InChI is InChI=1S/C4H4N2O3.K/c1-2-5-6-3(9-2)4(7)8;/h1H3,(H,7,8);. The summed E-state index contributed by atoms with van der Waals surface area (Å²) in [6.45, 7) is 1.53. The summed E-state index contributed by atoms with van der Waals surface area (Å²) in [5, 5.41) is 14.7. The minimum Gasteiger partial charge on any atom is -0.474 e. The van der Waals surface area contributed by atoms with Crippen molar-refractivity contribution in [2.24, 2.45) is 0 Å². The van der Waals surface area contributed by atoms with Crippen molar-refractivity contribution < 1.29 is 14.3 Å². The van der Waals surface area contributed by atoms with Crippen LogP contribution in [-0.4, -0.2) is 72.7 Å². The Morgan fingerprint density at radius 3 is 2.40 bits per heavy atom. The van der Waals surface area contributed by atoms with Crippen molar-refractivity contribution in [3.8, 4) is 0 Å². The summed E-state index contributed by atoms with van der Waals surface area (Å²) in [7, 11) is 0. The van der Waals surface area contributed by atoms with Crippen molar-refractivity contribution in [3.05, 3.63) is 11.8 Å². The number of hydrogen-bond acceptors (Lipinski definition) is 4. The Balaban J connectivity index is 0.000000810. The molecule has 0 unspecified atom stereocenters. The molecule has 10 heavy (non-hydrogen) atoms. The van der Waals surface area contributed by atoms with Gasteiger partial charge in [0.1, 0.15) is 0 Å². The molecule has 6 heteroatoms. The van der Waals surface area contributed by atoms with Gasteiger partial charge in [-0.3, -0.25) is 0 Å². The van der Waals surface area contributed by atoms with Crippen LogP contribution in [0.2, 0.25) is 0 Å². The molecule has 0 spiro atoms. The topological polar surface area (TPSA) is 76.2 Å². The van der Waals surface area contributed by atoms with Crippen LogP contribution in [0, 0.1) is 6.92 Å². The van der Waals surface area contributed by atoms with Gasteiger partial charge in [-0.25, -0.2) is 4.79 Å². The van der Waals surface area contributed by atoms with Crippen LogP contribution in [0.5, 0.6) is 0 Å². The van der Waals surface area contributed by atoms with Crippen molar-refractivity contribution in [1.82, 2.24) is 10.2 Å². The molecule has 1 radical (unpaired) electrons. The molecule has 1 aromatic heterocycles. The van der Waals surface area contributed by atoms with Gasteiger partial charge in [0.25, 0.3) is 0 Å². The second-order valence-electron chi connectivity index (χ2n) is 1.43. The molecule has 0 atom stereocenters. The van der Waals surface area contributed by atoms with E-state index in [0.717, 1.165) is 0 Å². The van der Waals surface area contributed by atoms with Crippen LogP contribution < -0.4 is 0 Å². The van der Waals surface area contributed by atoms with Gasteiger partial charge >= 0.3 is 11.9 Å². The Bertz CT molecular complexity index is 234. The first-order chi connectivity index (χ1) is 4.20. The number of nitrogens with zero attached hydrogens (tertiary/aromatic N) is 2. The van der Waals surface area contributed by atoms with E-state index in [0.29, 0.717) is 0 Å². The molecule has 1 aromatic rings. The second-order valence-corrected chi connectivity index (χ2v) is 1.43. The number of hydrogen-bond donors (Lipinski definition) is 1. The summed E-state index contributed by atoms with van der Waals surface area (Å²) in [6, 6.07) is 0. The molecule has 49 valence electrons. The third-order valence-electron chi connectivity index (χ3n) is 0.709. The molecule has 0 aliphatic heterocycles. The summed E-state index contributed by atoms with van der Waals surface area (Å²) in [6.07, 6.45) is 0. The van der Waals surface area contributed by atoms with E-state index in [9.17, 15) is 4.79 Å². The van der Waals surface area contributed by atoms with E-state index >= 15 is 0 Å². The number of aromatic nitrogens is 2. The van der Waals surface area contributed by atoms with Crippen LogP contribution in [0.3, 0.4) is 0 Å². The molecule has 0 saturated carbocycles. The van der Waals surface area contributed by atoms with E-state index in [-0.39, 0.29) is 63.2 Å². The van der Waals surface area contributed by atoms with Crippen molar-refractivity contribution in [2.75, 3.05) is 0 Å². The number of rotatable bonds is 1. The van der Waals surface area contributed by atoms with Crippen molar-refractivity contribution in [3.63, 3.8) is 0 Å². The Labute approximate surface area is 99.2 Å². The molecular formula is C4H4KN2O3. The number of carboxylic acids is 1. The van der Waals surface area contributed by atoms with Gasteiger partial charge < -0.3 is 9.52 Å². The van der Waals surface area contributed by atoms with Crippen LogP contribution in [0.25, 0.3) is 0 Å². The van der Waals surface area contributed by atoms with E-state index in [1.807, 2.05) is 0 Å². The maximum atomic E-state index is 10.0. The first-order valence-electron chi connectivity index (χ1n) is 2.23. The number of carbonyl (C=O) groups is 1. The quantitative estimate of drug-likeness (QED) is 0.581. The Hall–Kier alpha value is 0.246. The average molecular weight is 167 g/mol. The Morgan fingerprint density at radius 2 is 2.20 bits per heavy atom. The van der Waals surface area contributed by atoms with Crippen molar-refractivity contribution >= 4 is 57.4 Å². The van der Waals surface area contributed by atoms with Gasteiger partial charge in [-0.1, -0.05) is 0 Å². The molecule has 1 N–H and O–H groups in total. The van der Waals surface area contributed by atoms with E-state index in [1.165, 1.54) is 6.92 Å². The molecule has 1 heterocycles. The molecule has 1 rings (SSSR count). The van der Waals surface area contributed by atoms with Crippen LogP contribution >= 0.6 is 0 Å². The SMILES string of the molecule is Cc1nnc(C(=O)O)o1.[K]. The zero-order chi connectivity index (χ0) is 6.85. The molecule has 0 aliphatic carbocycles. The third-order valence-corrected chi connectivity index (χ3v) is 0.709. The summed E-state index contributed by atoms with van der Waals surface area (Å²) in [5.74, 6) is -1.31. The van der Waals surface area contributed by atoms with Crippen LogP contribution in [0.15, 0.2) is 4.42 Å². The van der Waals surface area contributed by atoms with Crippen molar-refractivity contribution in [1.29, 1.82) is 0 Å². The van der Waals surface area contributed by atoms with Gasteiger partial charge in [-0.15, -0.1) is 10.2 Å². The summed E-state index contributed by atoms with van der Waals surface area (Å²) < 4.78 is 4.52. The first kappa shape index (κ1) is 10.2. The fraction of sp³-hybridized carbons (Fsp3) is 0.250. The molecule has 0 aromatic carbocycles. The Kier molecular flexibility index (Phi) is 4.30. The van der Waals surface area contributed by atoms with Crippen LogP contribution in [0.4, 0.5) is 0 Å². The Morgan fingerprint density at radius 1 is 1.60 bits per heavy atom.